The van der Waals surface area contributed by atoms with Crippen molar-refractivity contribution in [1.82, 2.24) is 4.98 Å². The fourth-order valence-corrected chi connectivity index (χ4v) is 4.30. The van der Waals surface area contributed by atoms with Crippen LogP contribution >= 0.6 is 11.3 Å². The first-order valence-electron chi connectivity index (χ1n) is 8.47. The van der Waals surface area contributed by atoms with Crippen molar-refractivity contribution in [3.05, 3.63) is 58.0 Å². The van der Waals surface area contributed by atoms with Gasteiger partial charge in [-0.2, -0.15) is 13.2 Å². The van der Waals surface area contributed by atoms with E-state index in [1.54, 1.807) is 13.2 Å². The Kier molecular flexibility index (Phi) is 4.34. The number of benzene rings is 2. The fraction of sp³-hybridized carbons (Fsp3) is 0.250. The highest BCUT2D eigenvalue weighted by Gasteiger charge is 2.30. The third-order valence-corrected chi connectivity index (χ3v) is 5.67. The van der Waals surface area contributed by atoms with Crippen LogP contribution in [0.5, 0.6) is 5.75 Å². The number of hydrogen-bond donors (Lipinski definition) is 1. The van der Waals surface area contributed by atoms with Gasteiger partial charge < -0.3 is 10.1 Å². The number of ether oxygens (including phenoxy) is 1. The molecule has 3 aromatic rings. The largest absolute Gasteiger partial charge is 0.496 e. The first-order chi connectivity index (χ1) is 12.8. The van der Waals surface area contributed by atoms with Crippen LogP contribution in [-0.2, 0) is 19.0 Å². The lowest BCUT2D eigenvalue weighted by atomic mass is 9.91. The zero-order valence-electron chi connectivity index (χ0n) is 14.8. The molecule has 1 aliphatic carbocycles. The van der Waals surface area contributed by atoms with Crippen LogP contribution in [0.2, 0.25) is 0 Å². The molecule has 27 heavy (non-hydrogen) atoms. The number of thiazole rings is 1. The molecule has 7 heteroatoms. The van der Waals surface area contributed by atoms with Crippen molar-refractivity contribution >= 4 is 22.2 Å². The lowest BCUT2D eigenvalue weighted by Crippen LogP contribution is -2.05. The topological polar surface area (TPSA) is 34.1 Å². The smallest absolute Gasteiger partial charge is 0.416 e. The van der Waals surface area contributed by atoms with Crippen molar-refractivity contribution < 1.29 is 17.9 Å². The standard InChI is InChI=1S/C20H17F3N2OS/c1-11-8-15-12(9-16(11)26-2)6-7-17-18(15)25-19(27-17)24-14-5-3-4-13(10-14)20(21,22)23/h3-5,8-10H,6-7H2,1-2H3,(H,24,25). The van der Waals surface area contributed by atoms with Crippen LogP contribution < -0.4 is 10.1 Å². The summed E-state index contributed by atoms with van der Waals surface area (Å²) >= 11 is 1.49. The minimum atomic E-state index is -4.37. The Balaban J connectivity index is 1.67. The molecule has 3 nitrogen and oxygen atoms in total. The maximum absolute atomic E-state index is 12.9. The highest BCUT2D eigenvalue weighted by molar-refractivity contribution is 7.16. The molecule has 0 atom stereocenters. The van der Waals surface area contributed by atoms with Crippen LogP contribution in [0.1, 0.15) is 21.6 Å². The van der Waals surface area contributed by atoms with Gasteiger partial charge in [0, 0.05) is 16.1 Å². The first kappa shape index (κ1) is 17.9. The molecule has 0 unspecified atom stereocenters. The van der Waals surface area contributed by atoms with E-state index in [9.17, 15) is 13.2 Å². The number of hydrogen-bond acceptors (Lipinski definition) is 4. The average molecular weight is 390 g/mol. The van der Waals surface area contributed by atoms with E-state index in [1.807, 2.05) is 13.0 Å². The number of alkyl halides is 3. The van der Waals surface area contributed by atoms with Crippen molar-refractivity contribution in [1.29, 1.82) is 0 Å². The molecule has 1 aliphatic rings. The Bertz CT molecular complexity index is 1010. The summed E-state index contributed by atoms with van der Waals surface area (Å²) in [5.41, 5.74) is 3.89. The predicted octanol–water partition coefficient (Wildman–Crippen LogP) is 5.99. The molecule has 0 spiro atoms. The summed E-state index contributed by atoms with van der Waals surface area (Å²) in [4.78, 5) is 5.80. The Morgan fingerprint density at radius 2 is 1.96 bits per heavy atom. The SMILES string of the molecule is COc1cc2c(cc1C)-c1nc(Nc3cccc(C(F)(F)F)c3)sc1CC2. The van der Waals surface area contributed by atoms with Crippen molar-refractivity contribution in [2.75, 3.05) is 12.4 Å². The average Bonchev–Trinajstić information content (AvgIpc) is 3.03. The second-order valence-corrected chi connectivity index (χ2v) is 7.56. The number of halogens is 3. The third-order valence-electron chi connectivity index (χ3n) is 4.64. The van der Waals surface area contributed by atoms with Crippen LogP contribution in [0, 0.1) is 6.92 Å². The second-order valence-electron chi connectivity index (χ2n) is 6.47. The Morgan fingerprint density at radius 1 is 1.15 bits per heavy atom. The highest BCUT2D eigenvalue weighted by Crippen LogP contribution is 2.41. The highest BCUT2D eigenvalue weighted by atomic mass is 32.1. The van der Waals surface area contributed by atoms with Crippen LogP contribution in [0.3, 0.4) is 0 Å². The molecular formula is C20H17F3N2OS. The maximum Gasteiger partial charge on any atom is 0.416 e. The Morgan fingerprint density at radius 3 is 2.70 bits per heavy atom. The lowest BCUT2D eigenvalue weighted by Gasteiger charge is -2.17. The molecule has 0 amide bonds. The van der Waals surface area contributed by atoms with E-state index >= 15 is 0 Å². The molecule has 0 saturated carbocycles. The van der Waals surface area contributed by atoms with Gasteiger partial charge in [-0.05, 0) is 61.2 Å². The Hall–Kier alpha value is -2.54. The van der Waals surface area contributed by atoms with E-state index in [0.717, 1.165) is 52.4 Å². The van der Waals surface area contributed by atoms with E-state index in [4.69, 9.17) is 4.74 Å². The van der Waals surface area contributed by atoms with Gasteiger partial charge in [-0.3, -0.25) is 0 Å². The van der Waals surface area contributed by atoms with Gasteiger partial charge in [0.25, 0.3) is 0 Å². The maximum atomic E-state index is 12.9. The van der Waals surface area contributed by atoms with Gasteiger partial charge in [0.2, 0.25) is 0 Å². The summed E-state index contributed by atoms with van der Waals surface area (Å²) in [6, 6.07) is 9.28. The van der Waals surface area contributed by atoms with E-state index < -0.39 is 11.7 Å². The molecule has 1 heterocycles. The number of fused-ring (bicyclic) bond motifs is 3. The molecule has 0 aliphatic heterocycles. The molecule has 2 aromatic carbocycles. The van der Waals surface area contributed by atoms with E-state index in [1.165, 1.54) is 23.0 Å². The molecule has 1 N–H and O–H groups in total. The third kappa shape index (κ3) is 3.39. The van der Waals surface area contributed by atoms with E-state index in [-0.39, 0.29) is 0 Å². The summed E-state index contributed by atoms with van der Waals surface area (Å²) in [6.07, 6.45) is -2.62. The molecule has 0 radical (unpaired) electrons. The summed E-state index contributed by atoms with van der Waals surface area (Å²) in [7, 11) is 1.66. The number of nitrogens with one attached hydrogen (secondary N) is 1. The number of methoxy groups -OCH3 is 1. The fourth-order valence-electron chi connectivity index (χ4n) is 3.31. The van der Waals surface area contributed by atoms with Gasteiger partial charge >= 0.3 is 6.18 Å². The lowest BCUT2D eigenvalue weighted by molar-refractivity contribution is -0.137. The van der Waals surface area contributed by atoms with Gasteiger partial charge in [-0.1, -0.05) is 6.07 Å². The Labute approximate surface area is 158 Å². The van der Waals surface area contributed by atoms with E-state index in [0.29, 0.717) is 10.8 Å². The van der Waals surface area contributed by atoms with Gasteiger partial charge in [0.15, 0.2) is 5.13 Å². The molecule has 4 rings (SSSR count). The summed E-state index contributed by atoms with van der Waals surface area (Å²) in [6.45, 7) is 1.99. The van der Waals surface area contributed by atoms with Crippen molar-refractivity contribution in [2.45, 2.75) is 25.9 Å². The molecule has 0 saturated heterocycles. The van der Waals surface area contributed by atoms with Crippen molar-refractivity contribution in [3.63, 3.8) is 0 Å². The molecule has 140 valence electrons. The van der Waals surface area contributed by atoms with E-state index in [2.05, 4.69) is 16.4 Å². The van der Waals surface area contributed by atoms with Crippen LogP contribution in [-0.4, -0.2) is 12.1 Å². The van der Waals surface area contributed by atoms with Gasteiger partial charge in [-0.15, -0.1) is 11.3 Å². The number of nitrogens with zero attached hydrogens (tertiary/aromatic N) is 1. The van der Waals surface area contributed by atoms with Crippen LogP contribution in [0.15, 0.2) is 36.4 Å². The van der Waals surface area contributed by atoms with Gasteiger partial charge in [-0.25, -0.2) is 4.98 Å². The first-order valence-corrected chi connectivity index (χ1v) is 9.28. The van der Waals surface area contributed by atoms with Crippen molar-refractivity contribution in [2.24, 2.45) is 0 Å². The number of rotatable bonds is 3. The molecular weight excluding hydrogens is 373 g/mol. The predicted molar refractivity (Wildman–Crippen MR) is 101 cm³/mol. The quantitative estimate of drug-likeness (QED) is 0.597. The second kappa shape index (κ2) is 6.56. The number of anilines is 2. The molecule has 0 fully saturated rings. The summed E-state index contributed by atoms with van der Waals surface area (Å²) in [5.74, 6) is 0.856. The monoisotopic (exact) mass is 390 g/mol. The van der Waals surface area contributed by atoms with Gasteiger partial charge in [0.05, 0.1) is 18.4 Å². The zero-order chi connectivity index (χ0) is 19.2. The van der Waals surface area contributed by atoms with Crippen LogP contribution in [0.4, 0.5) is 24.0 Å². The minimum absolute atomic E-state index is 0.377. The number of aromatic nitrogens is 1. The molecule has 0 bridgehead atoms. The number of aryl methyl sites for hydroxylation is 3. The van der Waals surface area contributed by atoms with Crippen molar-refractivity contribution in [3.8, 4) is 17.0 Å². The zero-order valence-corrected chi connectivity index (χ0v) is 15.6. The molecule has 1 aromatic heterocycles. The summed E-state index contributed by atoms with van der Waals surface area (Å²) in [5, 5.41) is 3.62. The van der Waals surface area contributed by atoms with Crippen LogP contribution in [0.25, 0.3) is 11.3 Å². The van der Waals surface area contributed by atoms with Gasteiger partial charge in [0.1, 0.15) is 5.75 Å². The summed E-state index contributed by atoms with van der Waals surface area (Å²) < 4.78 is 44.1. The minimum Gasteiger partial charge on any atom is -0.496 e. The normalized spacial score (nSPS) is 13.1.